The van der Waals surface area contributed by atoms with Gasteiger partial charge in [-0.3, -0.25) is 4.79 Å². The fourth-order valence-corrected chi connectivity index (χ4v) is 5.25. The average Bonchev–Trinajstić information content (AvgIpc) is 3.57. The molecule has 1 amide bonds. The molecule has 0 atom stereocenters. The number of unbranched alkanes of at least 4 members (excludes halogenated alkanes) is 2. The minimum Gasteiger partial charge on any atom is -0.418 e. The molecule has 0 aliphatic rings. The smallest absolute Gasteiger partial charge is 0.257 e. The van der Waals surface area contributed by atoms with E-state index in [0.717, 1.165) is 40.5 Å². The van der Waals surface area contributed by atoms with Crippen molar-refractivity contribution in [2.24, 2.45) is 0 Å². The molecule has 0 saturated heterocycles. The fraction of sp³-hybridized carbons (Fsp3) is 0.417. The van der Waals surface area contributed by atoms with Gasteiger partial charge in [0.25, 0.3) is 5.89 Å². The summed E-state index contributed by atoms with van der Waals surface area (Å²) in [5.74, 6) is 1.32. The molecule has 0 aliphatic heterocycles. The first kappa shape index (κ1) is 23.5. The topological polar surface area (TPSA) is 77.0 Å². The van der Waals surface area contributed by atoms with Gasteiger partial charge in [0, 0.05) is 13.1 Å². The summed E-state index contributed by atoms with van der Waals surface area (Å²) >= 11 is 3.05. The molecule has 0 N–H and O–H groups in total. The second-order valence-electron chi connectivity index (χ2n) is 7.82. The predicted octanol–water partition coefficient (Wildman–Crippen LogP) is 5.87. The number of carbonyl (C=O) groups is 1. The number of thioether (sulfide) groups is 1. The standard InChI is InChI=1S/C24H29N5O2S2/c1-3-5-8-14-29-19-11-7-6-10-18(19)25-24(29)33-17-22(30)28(13-4-2)16-21-26-27-23(31-21)20-12-9-15-32-20/h6-7,9-12,15H,3-5,8,13-14,16-17H2,1-2H3. The highest BCUT2D eigenvalue weighted by Gasteiger charge is 2.20. The molecular formula is C24H29N5O2S2. The molecule has 3 aromatic heterocycles. The Bertz CT molecular complexity index is 1170. The van der Waals surface area contributed by atoms with Gasteiger partial charge < -0.3 is 13.9 Å². The van der Waals surface area contributed by atoms with Gasteiger partial charge in [-0.05, 0) is 36.4 Å². The largest absolute Gasteiger partial charge is 0.418 e. The van der Waals surface area contributed by atoms with Crippen LogP contribution in [0.3, 0.4) is 0 Å². The second kappa shape index (κ2) is 11.5. The van der Waals surface area contributed by atoms with Crippen molar-refractivity contribution in [3.8, 4) is 10.8 Å². The number of aromatic nitrogens is 4. The van der Waals surface area contributed by atoms with Crippen molar-refractivity contribution in [3.63, 3.8) is 0 Å². The number of rotatable bonds is 12. The number of benzene rings is 1. The summed E-state index contributed by atoms with van der Waals surface area (Å²) in [6, 6.07) is 12.1. The van der Waals surface area contributed by atoms with Crippen molar-refractivity contribution >= 4 is 40.0 Å². The summed E-state index contributed by atoms with van der Waals surface area (Å²) in [6.07, 6.45) is 4.31. The number of nitrogens with zero attached hydrogens (tertiary/aromatic N) is 5. The van der Waals surface area contributed by atoms with E-state index in [4.69, 9.17) is 9.40 Å². The third-order valence-corrected chi connectivity index (χ3v) is 7.12. The first-order chi connectivity index (χ1) is 16.2. The summed E-state index contributed by atoms with van der Waals surface area (Å²) in [7, 11) is 0. The monoisotopic (exact) mass is 483 g/mol. The van der Waals surface area contributed by atoms with Gasteiger partial charge >= 0.3 is 0 Å². The second-order valence-corrected chi connectivity index (χ2v) is 9.71. The number of amides is 1. The Morgan fingerprint density at radius 1 is 1.12 bits per heavy atom. The van der Waals surface area contributed by atoms with Crippen LogP contribution in [0.1, 0.15) is 45.4 Å². The molecule has 0 bridgehead atoms. The van der Waals surface area contributed by atoms with E-state index in [1.54, 1.807) is 16.2 Å². The molecule has 7 nitrogen and oxygen atoms in total. The molecule has 0 saturated carbocycles. The summed E-state index contributed by atoms with van der Waals surface area (Å²) in [6.45, 7) is 6.14. The number of carbonyl (C=O) groups excluding carboxylic acids is 1. The molecule has 0 fully saturated rings. The quantitative estimate of drug-likeness (QED) is 0.185. The number of aryl methyl sites for hydroxylation is 1. The van der Waals surface area contributed by atoms with Crippen LogP contribution in [0.25, 0.3) is 21.8 Å². The fourth-order valence-electron chi connectivity index (χ4n) is 3.66. The van der Waals surface area contributed by atoms with E-state index in [1.165, 1.54) is 24.6 Å². The summed E-state index contributed by atoms with van der Waals surface area (Å²) in [5, 5.41) is 11.2. The van der Waals surface area contributed by atoms with Gasteiger partial charge in [0.15, 0.2) is 5.16 Å². The van der Waals surface area contributed by atoms with E-state index in [-0.39, 0.29) is 5.91 Å². The van der Waals surface area contributed by atoms with Gasteiger partial charge in [0.1, 0.15) is 0 Å². The molecule has 0 unspecified atom stereocenters. The van der Waals surface area contributed by atoms with Gasteiger partial charge in [0.05, 0.1) is 28.2 Å². The van der Waals surface area contributed by atoms with Gasteiger partial charge in [-0.2, -0.15) is 0 Å². The first-order valence-electron chi connectivity index (χ1n) is 11.4. The molecule has 0 spiro atoms. The minimum absolute atomic E-state index is 0.0462. The van der Waals surface area contributed by atoms with Crippen LogP contribution in [0.2, 0.25) is 0 Å². The van der Waals surface area contributed by atoms with E-state index >= 15 is 0 Å². The third-order valence-electron chi connectivity index (χ3n) is 5.30. The summed E-state index contributed by atoms with van der Waals surface area (Å²) in [4.78, 5) is 20.6. The van der Waals surface area contributed by atoms with Crippen LogP contribution in [0.4, 0.5) is 0 Å². The summed E-state index contributed by atoms with van der Waals surface area (Å²) < 4.78 is 8.05. The van der Waals surface area contributed by atoms with E-state index in [0.29, 0.717) is 30.6 Å². The van der Waals surface area contributed by atoms with E-state index in [9.17, 15) is 4.79 Å². The molecule has 1 aromatic carbocycles. The maximum Gasteiger partial charge on any atom is 0.257 e. The SMILES string of the molecule is CCCCCn1c(SCC(=O)N(CCC)Cc2nnc(-c3cccs3)o2)nc2ccccc21. The number of hydrogen-bond donors (Lipinski definition) is 0. The van der Waals surface area contributed by atoms with Crippen molar-refractivity contribution in [2.75, 3.05) is 12.3 Å². The lowest BCUT2D eigenvalue weighted by Gasteiger charge is -2.20. The van der Waals surface area contributed by atoms with Crippen LogP contribution >= 0.6 is 23.1 Å². The molecule has 4 rings (SSSR count). The van der Waals surface area contributed by atoms with Gasteiger partial charge in [-0.1, -0.05) is 56.7 Å². The normalized spacial score (nSPS) is 11.3. The number of para-hydroxylation sites is 2. The Labute approximate surface area is 202 Å². The van der Waals surface area contributed by atoms with Crippen LogP contribution in [0.15, 0.2) is 51.4 Å². The van der Waals surface area contributed by atoms with Crippen LogP contribution in [0, 0.1) is 0 Å². The Kier molecular flexibility index (Phi) is 8.17. The highest BCUT2D eigenvalue weighted by atomic mass is 32.2. The Hall–Kier alpha value is -2.65. The maximum absolute atomic E-state index is 13.1. The zero-order valence-corrected chi connectivity index (χ0v) is 20.7. The zero-order valence-electron chi connectivity index (χ0n) is 19.1. The molecule has 9 heteroatoms. The van der Waals surface area contributed by atoms with Crippen molar-refractivity contribution in [3.05, 3.63) is 47.7 Å². The van der Waals surface area contributed by atoms with Crippen molar-refractivity contribution in [2.45, 2.75) is 57.8 Å². The van der Waals surface area contributed by atoms with Crippen molar-refractivity contribution in [1.29, 1.82) is 0 Å². The molecule has 33 heavy (non-hydrogen) atoms. The molecule has 0 radical (unpaired) electrons. The van der Waals surface area contributed by atoms with Crippen molar-refractivity contribution < 1.29 is 9.21 Å². The highest BCUT2D eigenvalue weighted by molar-refractivity contribution is 7.99. The summed E-state index contributed by atoms with van der Waals surface area (Å²) in [5.41, 5.74) is 2.10. The van der Waals surface area contributed by atoms with E-state index in [1.807, 2.05) is 35.7 Å². The molecular weight excluding hydrogens is 454 g/mol. The lowest BCUT2D eigenvalue weighted by atomic mass is 10.2. The first-order valence-corrected chi connectivity index (χ1v) is 13.3. The van der Waals surface area contributed by atoms with Crippen LogP contribution < -0.4 is 0 Å². The Balaban J connectivity index is 1.44. The third kappa shape index (κ3) is 5.83. The van der Waals surface area contributed by atoms with Crippen LogP contribution in [-0.4, -0.2) is 42.9 Å². The van der Waals surface area contributed by atoms with Crippen molar-refractivity contribution in [1.82, 2.24) is 24.6 Å². The number of hydrogen-bond acceptors (Lipinski definition) is 7. The molecule has 0 aliphatic carbocycles. The van der Waals surface area contributed by atoms with E-state index in [2.05, 4.69) is 34.7 Å². The van der Waals surface area contributed by atoms with Gasteiger partial charge in [-0.15, -0.1) is 21.5 Å². The average molecular weight is 484 g/mol. The number of fused-ring (bicyclic) bond motifs is 1. The van der Waals surface area contributed by atoms with Gasteiger partial charge in [0.2, 0.25) is 11.8 Å². The predicted molar refractivity (Wildman–Crippen MR) is 133 cm³/mol. The lowest BCUT2D eigenvalue weighted by Crippen LogP contribution is -2.33. The lowest BCUT2D eigenvalue weighted by molar-refractivity contribution is -0.129. The highest BCUT2D eigenvalue weighted by Crippen LogP contribution is 2.26. The number of imidazole rings is 1. The van der Waals surface area contributed by atoms with E-state index < -0.39 is 0 Å². The molecule has 174 valence electrons. The van der Waals surface area contributed by atoms with Crippen LogP contribution in [0.5, 0.6) is 0 Å². The number of thiophene rings is 1. The van der Waals surface area contributed by atoms with Crippen LogP contribution in [-0.2, 0) is 17.9 Å². The Morgan fingerprint density at radius 2 is 2.00 bits per heavy atom. The van der Waals surface area contributed by atoms with Gasteiger partial charge in [-0.25, -0.2) is 4.98 Å². The Morgan fingerprint density at radius 3 is 2.79 bits per heavy atom. The maximum atomic E-state index is 13.1. The molecule has 3 heterocycles. The molecule has 4 aromatic rings. The zero-order chi connectivity index (χ0) is 23.0. The minimum atomic E-state index is 0.0462.